The van der Waals surface area contributed by atoms with Gasteiger partial charge in [0.25, 0.3) is 0 Å². The molecule has 0 fully saturated rings. The van der Waals surface area contributed by atoms with Gasteiger partial charge >= 0.3 is 0 Å². The number of anilines is 1. The maximum atomic E-state index is 3.86. The maximum Gasteiger partial charge on any atom is 0.0521 e. The molecule has 0 saturated carbocycles. The SMILES string of the molecule is [CH2]C1=CNc2ccccc2S1. The van der Waals surface area contributed by atoms with Gasteiger partial charge in [-0.25, -0.2) is 0 Å². The van der Waals surface area contributed by atoms with Crippen molar-refractivity contribution in [3.63, 3.8) is 0 Å². The van der Waals surface area contributed by atoms with Crippen molar-refractivity contribution in [2.24, 2.45) is 0 Å². The predicted octanol–water partition coefficient (Wildman–Crippen LogP) is 2.88. The number of nitrogens with one attached hydrogen (secondary N) is 1. The van der Waals surface area contributed by atoms with E-state index in [1.165, 1.54) is 10.6 Å². The second-order valence-corrected chi connectivity index (χ2v) is 3.52. The fourth-order valence-corrected chi connectivity index (χ4v) is 1.79. The van der Waals surface area contributed by atoms with E-state index in [1.807, 2.05) is 18.3 Å². The van der Waals surface area contributed by atoms with Crippen molar-refractivity contribution in [3.8, 4) is 0 Å². The summed E-state index contributed by atoms with van der Waals surface area (Å²) in [6.07, 6.45) is 1.92. The van der Waals surface area contributed by atoms with Crippen molar-refractivity contribution in [2.75, 3.05) is 5.32 Å². The van der Waals surface area contributed by atoms with Crippen LogP contribution in [0.4, 0.5) is 5.69 Å². The van der Waals surface area contributed by atoms with E-state index in [9.17, 15) is 0 Å². The van der Waals surface area contributed by atoms with Gasteiger partial charge < -0.3 is 5.32 Å². The fraction of sp³-hybridized carbons (Fsp3) is 0. The summed E-state index contributed by atoms with van der Waals surface area (Å²) in [6.45, 7) is 3.86. The molecule has 1 nitrogen and oxygen atoms in total. The van der Waals surface area contributed by atoms with Gasteiger partial charge in [0.05, 0.1) is 5.69 Å². The monoisotopic (exact) mass is 162 g/mol. The van der Waals surface area contributed by atoms with Crippen LogP contribution in [0.15, 0.2) is 40.3 Å². The summed E-state index contributed by atoms with van der Waals surface area (Å²) in [5.41, 5.74) is 1.17. The Kier molecular flexibility index (Phi) is 1.62. The molecule has 1 aromatic carbocycles. The first-order chi connectivity index (χ1) is 5.36. The van der Waals surface area contributed by atoms with E-state index in [2.05, 4.69) is 24.4 Å². The third-order valence-corrected chi connectivity index (χ3v) is 2.47. The van der Waals surface area contributed by atoms with Crippen LogP contribution in [0.25, 0.3) is 0 Å². The van der Waals surface area contributed by atoms with Crippen LogP contribution in [0, 0.1) is 6.92 Å². The van der Waals surface area contributed by atoms with Gasteiger partial charge in [-0.15, -0.1) is 0 Å². The summed E-state index contributed by atoms with van der Waals surface area (Å²) in [6, 6.07) is 8.21. The van der Waals surface area contributed by atoms with Gasteiger partial charge in [-0.3, -0.25) is 0 Å². The average molecular weight is 162 g/mol. The largest absolute Gasteiger partial charge is 0.360 e. The van der Waals surface area contributed by atoms with E-state index in [1.54, 1.807) is 11.8 Å². The molecule has 1 aliphatic rings. The quantitative estimate of drug-likeness (QED) is 0.629. The molecule has 0 spiro atoms. The van der Waals surface area contributed by atoms with Gasteiger partial charge in [0.1, 0.15) is 0 Å². The molecule has 0 unspecified atom stereocenters. The first-order valence-electron chi connectivity index (χ1n) is 3.42. The van der Waals surface area contributed by atoms with Gasteiger partial charge in [0.15, 0.2) is 0 Å². The van der Waals surface area contributed by atoms with Crippen LogP contribution in [0.5, 0.6) is 0 Å². The third kappa shape index (κ3) is 1.26. The number of rotatable bonds is 0. The Labute approximate surface area is 70.5 Å². The van der Waals surface area contributed by atoms with Crippen LogP contribution >= 0.6 is 11.8 Å². The highest BCUT2D eigenvalue weighted by molar-refractivity contribution is 8.03. The summed E-state index contributed by atoms with van der Waals surface area (Å²) >= 11 is 1.70. The minimum Gasteiger partial charge on any atom is -0.360 e. The molecule has 0 bridgehead atoms. The molecular formula is C9H8NS. The number of hydrogen-bond acceptors (Lipinski definition) is 2. The summed E-state index contributed by atoms with van der Waals surface area (Å²) < 4.78 is 0. The van der Waals surface area contributed by atoms with Crippen molar-refractivity contribution in [1.82, 2.24) is 0 Å². The molecule has 2 heteroatoms. The third-order valence-electron chi connectivity index (χ3n) is 1.52. The fourth-order valence-electron chi connectivity index (χ4n) is 1.00. The molecule has 0 amide bonds. The minimum absolute atomic E-state index is 1.06. The topological polar surface area (TPSA) is 12.0 Å². The van der Waals surface area contributed by atoms with Crippen LogP contribution < -0.4 is 5.32 Å². The highest BCUT2D eigenvalue weighted by atomic mass is 32.2. The molecule has 1 N–H and O–H groups in total. The summed E-state index contributed by atoms with van der Waals surface area (Å²) in [4.78, 5) is 2.31. The molecule has 0 saturated heterocycles. The van der Waals surface area contributed by atoms with Crippen LogP contribution in [0.3, 0.4) is 0 Å². The first kappa shape index (κ1) is 6.80. The van der Waals surface area contributed by atoms with Gasteiger partial charge in [0.2, 0.25) is 0 Å². The standard InChI is InChI=1S/C9H8NS/c1-7-6-10-8-4-2-3-5-9(8)11-7/h2-6,10H,1H2. The molecule has 11 heavy (non-hydrogen) atoms. The van der Waals surface area contributed by atoms with E-state index in [0.717, 1.165) is 4.91 Å². The van der Waals surface area contributed by atoms with Crippen LogP contribution in [-0.4, -0.2) is 0 Å². The number of fused-ring (bicyclic) bond motifs is 1. The molecule has 1 radical (unpaired) electrons. The molecule has 2 rings (SSSR count). The van der Waals surface area contributed by atoms with E-state index < -0.39 is 0 Å². The molecule has 0 atom stereocenters. The van der Waals surface area contributed by atoms with Crippen molar-refractivity contribution in [1.29, 1.82) is 0 Å². The summed E-state index contributed by atoms with van der Waals surface area (Å²) in [7, 11) is 0. The predicted molar refractivity (Wildman–Crippen MR) is 49.4 cm³/mol. The Morgan fingerprint density at radius 2 is 2.09 bits per heavy atom. The van der Waals surface area contributed by atoms with Crippen LogP contribution in [-0.2, 0) is 0 Å². The lowest BCUT2D eigenvalue weighted by molar-refractivity contribution is 1.40. The Bertz CT molecular complexity index is 304. The number of benzene rings is 1. The summed E-state index contributed by atoms with van der Waals surface area (Å²) in [5, 5.41) is 3.17. The van der Waals surface area contributed by atoms with E-state index in [4.69, 9.17) is 0 Å². The Morgan fingerprint density at radius 1 is 1.27 bits per heavy atom. The van der Waals surface area contributed by atoms with Crippen molar-refractivity contribution in [3.05, 3.63) is 42.3 Å². The highest BCUT2D eigenvalue weighted by Crippen LogP contribution is 2.35. The molecule has 55 valence electrons. The zero-order chi connectivity index (χ0) is 7.68. The van der Waals surface area contributed by atoms with Crippen molar-refractivity contribution < 1.29 is 0 Å². The van der Waals surface area contributed by atoms with Gasteiger partial charge in [-0.2, -0.15) is 0 Å². The Hall–Kier alpha value is -0.890. The van der Waals surface area contributed by atoms with Crippen LogP contribution in [0.2, 0.25) is 0 Å². The second-order valence-electron chi connectivity index (χ2n) is 2.35. The van der Waals surface area contributed by atoms with Crippen molar-refractivity contribution >= 4 is 17.4 Å². The van der Waals surface area contributed by atoms with Crippen LogP contribution in [0.1, 0.15) is 0 Å². The molecule has 1 aromatic rings. The lowest BCUT2D eigenvalue weighted by atomic mass is 10.3. The normalized spacial score (nSPS) is 14.8. The summed E-state index contributed by atoms with van der Waals surface area (Å²) in [5.74, 6) is 0. The van der Waals surface area contributed by atoms with Gasteiger partial charge in [-0.1, -0.05) is 23.9 Å². The minimum atomic E-state index is 1.06. The van der Waals surface area contributed by atoms with Gasteiger partial charge in [0, 0.05) is 16.0 Å². The molecular weight excluding hydrogens is 154 g/mol. The number of thioether (sulfide) groups is 1. The van der Waals surface area contributed by atoms with Gasteiger partial charge in [-0.05, 0) is 19.1 Å². The smallest absolute Gasteiger partial charge is 0.0521 e. The number of para-hydroxylation sites is 1. The molecule has 0 aromatic heterocycles. The second kappa shape index (κ2) is 2.62. The zero-order valence-corrected chi connectivity index (χ0v) is 6.82. The highest BCUT2D eigenvalue weighted by Gasteiger charge is 2.06. The lowest BCUT2D eigenvalue weighted by Crippen LogP contribution is -1.95. The number of hydrogen-bond donors (Lipinski definition) is 1. The number of allylic oxidation sites excluding steroid dienone is 1. The zero-order valence-electron chi connectivity index (χ0n) is 6.00. The molecule has 1 aliphatic heterocycles. The lowest BCUT2D eigenvalue weighted by Gasteiger charge is -2.14. The Morgan fingerprint density at radius 3 is 3.00 bits per heavy atom. The van der Waals surface area contributed by atoms with E-state index >= 15 is 0 Å². The van der Waals surface area contributed by atoms with Crippen molar-refractivity contribution in [2.45, 2.75) is 4.90 Å². The Balaban J connectivity index is 2.42. The maximum absolute atomic E-state index is 3.86. The average Bonchev–Trinajstić information content (AvgIpc) is 2.04. The van der Waals surface area contributed by atoms with E-state index in [0.29, 0.717) is 0 Å². The molecule has 1 heterocycles. The first-order valence-corrected chi connectivity index (χ1v) is 4.23. The molecule has 0 aliphatic carbocycles. The van der Waals surface area contributed by atoms with E-state index in [-0.39, 0.29) is 0 Å².